The van der Waals surface area contributed by atoms with E-state index in [2.05, 4.69) is 29.8 Å². The van der Waals surface area contributed by atoms with Crippen LogP contribution in [0.15, 0.2) is 0 Å². The molecule has 0 aliphatic rings. The first-order valence-electron chi connectivity index (χ1n) is 8.04. The minimum absolute atomic E-state index is 0.139. The van der Waals surface area contributed by atoms with Crippen molar-refractivity contribution in [2.45, 2.75) is 52.4 Å². The van der Waals surface area contributed by atoms with Crippen LogP contribution in [-0.2, 0) is 4.79 Å². The van der Waals surface area contributed by atoms with Gasteiger partial charge in [-0.2, -0.15) is 0 Å². The van der Waals surface area contributed by atoms with Crippen LogP contribution in [0.25, 0.3) is 0 Å². The second-order valence-corrected chi connectivity index (χ2v) is 5.27. The molecule has 21 heavy (non-hydrogen) atoms. The maximum atomic E-state index is 11.5. The molecule has 6 nitrogen and oxygen atoms in total. The summed E-state index contributed by atoms with van der Waals surface area (Å²) in [7, 11) is 0. The molecule has 0 aliphatic heterocycles. The molecule has 4 N–H and O–H groups in total. The van der Waals surface area contributed by atoms with Crippen molar-refractivity contribution >= 4 is 12.0 Å². The van der Waals surface area contributed by atoms with Crippen molar-refractivity contribution in [2.24, 2.45) is 5.92 Å². The third kappa shape index (κ3) is 13.4. The summed E-state index contributed by atoms with van der Waals surface area (Å²) in [5, 5.41) is 17.6. The summed E-state index contributed by atoms with van der Waals surface area (Å²) >= 11 is 0. The monoisotopic (exact) mass is 301 g/mol. The number of aliphatic carboxylic acids is 1. The fourth-order valence-electron chi connectivity index (χ4n) is 2.21. The summed E-state index contributed by atoms with van der Waals surface area (Å²) < 4.78 is 0. The number of carboxylic acid groups (broad SMARTS) is 1. The molecule has 0 spiro atoms. The molecule has 0 rings (SSSR count). The largest absolute Gasteiger partial charge is 0.481 e. The van der Waals surface area contributed by atoms with E-state index in [9.17, 15) is 9.59 Å². The van der Waals surface area contributed by atoms with Gasteiger partial charge in [-0.05, 0) is 38.3 Å². The van der Waals surface area contributed by atoms with Gasteiger partial charge in [-0.1, -0.05) is 26.7 Å². The molecule has 6 heteroatoms. The Labute approximate surface area is 128 Å². The summed E-state index contributed by atoms with van der Waals surface area (Å²) in [5.41, 5.74) is 0. The number of urea groups is 1. The first-order valence-corrected chi connectivity index (χ1v) is 8.04. The molecular formula is C15H31N3O3. The van der Waals surface area contributed by atoms with Crippen LogP contribution in [0.2, 0.25) is 0 Å². The first kappa shape index (κ1) is 19.7. The second kappa shape index (κ2) is 13.7. The van der Waals surface area contributed by atoms with Crippen molar-refractivity contribution in [3.8, 4) is 0 Å². The van der Waals surface area contributed by atoms with E-state index in [-0.39, 0.29) is 12.5 Å². The predicted octanol–water partition coefficient (Wildman–Crippen LogP) is 1.96. The van der Waals surface area contributed by atoms with Crippen LogP contribution in [0.3, 0.4) is 0 Å². The maximum Gasteiger partial charge on any atom is 0.314 e. The second-order valence-electron chi connectivity index (χ2n) is 5.27. The van der Waals surface area contributed by atoms with Crippen molar-refractivity contribution in [2.75, 3.05) is 26.2 Å². The molecule has 1 atom stereocenters. The highest BCUT2D eigenvalue weighted by molar-refractivity contribution is 5.73. The summed E-state index contributed by atoms with van der Waals surface area (Å²) in [6, 6.07) is -0.139. The zero-order valence-corrected chi connectivity index (χ0v) is 13.4. The average molecular weight is 301 g/mol. The molecule has 124 valence electrons. The molecule has 0 saturated carbocycles. The Kier molecular flexibility index (Phi) is 12.8. The van der Waals surface area contributed by atoms with Gasteiger partial charge in [0.15, 0.2) is 0 Å². The van der Waals surface area contributed by atoms with Crippen LogP contribution < -0.4 is 16.0 Å². The lowest BCUT2D eigenvalue weighted by atomic mass is 9.94. The van der Waals surface area contributed by atoms with Crippen molar-refractivity contribution in [3.63, 3.8) is 0 Å². The maximum absolute atomic E-state index is 11.5. The van der Waals surface area contributed by atoms with Gasteiger partial charge in [0.25, 0.3) is 0 Å². The van der Waals surface area contributed by atoms with Crippen LogP contribution in [0.5, 0.6) is 0 Å². The van der Waals surface area contributed by atoms with Crippen LogP contribution in [0.1, 0.15) is 52.4 Å². The van der Waals surface area contributed by atoms with Crippen LogP contribution >= 0.6 is 0 Å². The number of amides is 2. The summed E-state index contributed by atoms with van der Waals surface area (Å²) in [6.07, 6.45) is 4.71. The normalized spacial score (nSPS) is 11.9. The van der Waals surface area contributed by atoms with Gasteiger partial charge in [0.2, 0.25) is 0 Å². The highest BCUT2D eigenvalue weighted by Crippen LogP contribution is 2.16. The Morgan fingerprint density at radius 2 is 1.71 bits per heavy atom. The van der Waals surface area contributed by atoms with E-state index in [0.29, 0.717) is 25.4 Å². The number of hydrogen-bond donors (Lipinski definition) is 4. The topological polar surface area (TPSA) is 90.5 Å². The van der Waals surface area contributed by atoms with Crippen molar-refractivity contribution < 1.29 is 14.7 Å². The predicted molar refractivity (Wildman–Crippen MR) is 84.4 cm³/mol. The molecule has 0 bridgehead atoms. The van der Waals surface area contributed by atoms with Crippen LogP contribution in [0, 0.1) is 5.92 Å². The number of rotatable bonds is 13. The molecule has 0 aromatic rings. The van der Waals surface area contributed by atoms with Gasteiger partial charge < -0.3 is 21.1 Å². The smallest absolute Gasteiger partial charge is 0.314 e. The Morgan fingerprint density at radius 1 is 1.00 bits per heavy atom. The van der Waals surface area contributed by atoms with Gasteiger partial charge in [-0.15, -0.1) is 0 Å². The van der Waals surface area contributed by atoms with E-state index in [1.807, 2.05) is 0 Å². The number of carbonyl (C=O) groups excluding carboxylic acids is 1. The van der Waals surface area contributed by atoms with Gasteiger partial charge in [-0.25, -0.2) is 4.79 Å². The molecule has 1 unspecified atom stereocenters. The molecule has 0 aromatic carbocycles. The molecule has 0 aliphatic carbocycles. The number of carbonyl (C=O) groups is 2. The third-order valence-electron chi connectivity index (χ3n) is 3.37. The molecule has 2 amide bonds. The molecule has 0 fully saturated rings. The van der Waals surface area contributed by atoms with E-state index in [4.69, 9.17) is 5.11 Å². The van der Waals surface area contributed by atoms with E-state index in [1.54, 1.807) is 0 Å². The minimum Gasteiger partial charge on any atom is -0.481 e. The Morgan fingerprint density at radius 3 is 2.33 bits per heavy atom. The van der Waals surface area contributed by atoms with Crippen LogP contribution in [0.4, 0.5) is 4.79 Å². The lowest BCUT2D eigenvalue weighted by Crippen LogP contribution is -2.37. The number of carboxylic acids is 1. The van der Waals surface area contributed by atoms with Gasteiger partial charge >= 0.3 is 12.0 Å². The van der Waals surface area contributed by atoms with E-state index >= 15 is 0 Å². The molecular weight excluding hydrogens is 270 g/mol. The van der Waals surface area contributed by atoms with Gasteiger partial charge in [0.05, 0.1) is 0 Å². The lowest BCUT2D eigenvalue weighted by molar-refractivity contribution is -0.137. The molecule has 0 aromatic heterocycles. The van der Waals surface area contributed by atoms with Gasteiger partial charge in [-0.3, -0.25) is 4.79 Å². The fraction of sp³-hybridized carbons (Fsp3) is 0.867. The number of nitrogens with one attached hydrogen (secondary N) is 3. The standard InChI is InChI=1S/C15H31N3O3/c1-3-6-13(7-8-14(19)20)9-12-18-15(21)17-11-5-10-16-4-2/h13,16H,3-12H2,1-2H3,(H,19,20)(H2,17,18,21). The third-order valence-corrected chi connectivity index (χ3v) is 3.37. The molecule has 0 saturated heterocycles. The minimum atomic E-state index is -0.748. The van der Waals surface area contributed by atoms with E-state index in [1.165, 1.54) is 0 Å². The first-order chi connectivity index (χ1) is 10.1. The van der Waals surface area contributed by atoms with Crippen molar-refractivity contribution in [1.82, 2.24) is 16.0 Å². The van der Waals surface area contributed by atoms with Crippen molar-refractivity contribution in [1.29, 1.82) is 0 Å². The van der Waals surface area contributed by atoms with E-state index < -0.39 is 5.97 Å². The quantitative estimate of drug-likeness (QED) is 0.391. The highest BCUT2D eigenvalue weighted by Gasteiger charge is 2.10. The fourth-order valence-corrected chi connectivity index (χ4v) is 2.21. The highest BCUT2D eigenvalue weighted by atomic mass is 16.4. The summed E-state index contributed by atoms with van der Waals surface area (Å²) in [5.74, 6) is -0.373. The Bertz CT molecular complexity index is 285. The Balaban J connectivity index is 3.66. The summed E-state index contributed by atoms with van der Waals surface area (Å²) in [6.45, 7) is 7.26. The van der Waals surface area contributed by atoms with E-state index in [0.717, 1.165) is 38.8 Å². The van der Waals surface area contributed by atoms with Crippen molar-refractivity contribution in [3.05, 3.63) is 0 Å². The zero-order chi connectivity index (χ0) is 15.9. The van der Waals surface area contributed by atoms with Gasteiger partial charge in [0.1, 0.15) is 0 Å². The molecule has 0 radical (unpaired) electrons. The zero-order valence-electron chi connectivity index (χ0n) is 13.4. The average Bonchev–Trinajstić information content (AvgIpc) is 2.44. The molecule has 0 heterocycles. The van der Waals surface area contributed by atoms with Crippen LogP contribution in [-0.4, -0.2) is 43.3 Å². The SMILES string of the molecule is CCCC(CCNC(=O)NCCCNCC)CCC(=O)O. The van der Waals surface area contributed by atoms with Gasteiger partial charge in [0, 0.05) is 19.5 Å². The Hall–Kier alpha value is -1.30. The lowest BCUT2D eigenvalue weighted by Gasteiger charge is -2.15. The number of hydrogen-bond acceptors (Lipinski definition) is 3. The summed E-state index contributed by atoms with van der Waals surface area (Å²) in [4.78, 5) is 22.1.